The zero-order valence-electron chi connectivity index (χ0n) is 11.8. The van der Waals surface area contributed by atoms with Gasteiger partial charge in [-0.05, 0) is 23.5 Å². The first kappa shape index (κ1) is 14.5. The Morgan fingerprint density at radius 3 is 2.70 bits per heavy atom. The summed E-state index contributed by atoms with van der Waals surface area (Å²) in [6.07, 6.45) is 0.906. The van der Waals surface area contributed by atoms with E-state index in [0.29, 0.717) is 0 Å². The van der Waals surface area contributed by atoms with Crippen LogP contribution in [-0.4, -0.2) is 24.4 Å². The molecule has 0 radical (unpaired) electrons. The van der Waals surface area contributed by atoms with Gasteiger partial charge in [0.05, 0.1) is 0 Å². The van der Waals surface area contributed by atoms with E-state index in [1.807, 2.05) is 38.1 Å². The zero-order valence-corrected chi connectivity index (χ0v) is 11.8. The Balaban J connectivity index is 2.16. The van der Waals surface area contributed by atoms with E-state index < -0.39 is 18.0 Å². The van der Waals surface area contributed by atoms with Gasteiger partial charge in [-0.3, -0.25) is 9.59 Å². The molecular formula is C15H21N3O2. The number of nitrogens with one attached hydrogen (secondary N) is 2. The highest BCUT2D eigenvalue weighted by Gasteiger charge is 2.29. The molecule has 2 rings (SSSR count). The molecule has 0 spiro atoms. The van der Waals surface area contributed by atoms with Crippen molar-refractivity contribution >= 4 is 11.8 Å². The minimum absolute atomic E-state index is 0.0321. The fourth-order valence-corrected chi connectivity index (χ4v) is 2.54. The van der Waals surface area contributed by atoms with Crippen molar-refractivity contribution in [3.63, 3.8) is 0 Å². The predicted octanol–water partition coefficient (Wildman–Crippen LogP) is 0.499. The fourth-order valence-electron chi connectivity index (χ4n) is 2.54. The van der Waals surface area contributed by atoms with Crippen molar-refractivity contribution < 1.29 is 9.59 Å². The van der Waals surface area contributed by atoms with Crippen LogP contribution in [0.15, 0.2) is 24.3 Å². The first-order valence-electron chi connectivity index (χ1n) is 6.91. The molecule has 20 heavy (non-hydrogen) atoms. The van der Waals surface area contributed by atoms with Gasteiger partial charge in [0.1, 0.15) is 12.1 Å². The third-order valence-electron chi connectivity index (χ3n) is 3.64. The molecule has 1 aromatic rings. The number of nitrogens with two attached hydrogens (primary N) is 1. The average Bonchev–Trinajstić information content (AvgIpc) is 2.43. The van der Waals surface area contributed by atoms with E-state index in [1.165, 1.54) is 5.56 Å². The van der Waals surface area contributed by atoms with Gasteiger partial charge in [-0.1, -0.05) is 38.1 Å². The van der Waals surface area contributed by atoms with Gasteiger partial charge < -0.3 is 16.4 Å². The SMILES string of the molecule is CC(C)C(NC(=O)C1NCCc2ccccc21)C(N)=O. The molecule has 5 heteroatoms. The molecule has 0 aromatic heterocycles. The number of carbonyl (C=O) groups is 2. The van der Waals surface area contributed by atoms with E-state index in [9.17, 15) is 9.59 Å². The third kappa shape index (κ3) is 2.99. The van der Waals surface area contributed by atoms with E-state index in [2.05, 4.69) is 10.6 Å². The van der Waals surface area contributed by atoms with Crippen molar-refractivity contribution in [2.45, 2.75) is 32.4 Å². The van der Waals surface area contributed by atoms with Crippen molar-refractivity contribution in [3.05, 3.63) is 35.4 Å². The summed E-state index contributed by atoms with van der Waals surface area (Å²) in [5, 5.41) is 5.94. The highest BCUT2D eigenvalue weighted by atomic mass is 16.2. The van der Waals surface area contributed by atoms with E-state index in [-0.39, 0.29) is 11.8 Å². The standard InChI is InChI=1S/C15H21N3O2/c1-9(2)12(14(16)19)18-15(20)13-11-6-4-3-5-10(11)7-8-17-13/h3-6,9,12-13,17H,7-8H2,1-2H3,(H2,16,19)(H,18,20). The Bertz CT molecular complexity index is 514. The quantitative estimate of drug-likeness (QED) is 0.748. The van der Waals surface area contributed by atoms with Crippen LogP contribution in [-0.2, 0) is 16.0 Å². The topological polar surface area (TPSA) is 84.2 Å². The zero-order chi connectivity index (χ0) is 14.7. The van der Waals surface area contributed by atoms with E-state index in [4.69, 9.17) is 5.73 Å². The average molecular weight is 275 g/mol. The maximum Gasteiger partial charge on any atom is 0.242 e. The van der Waals surface area contributed by atoms with E-state index in [0.717, 1.165) is 18.5 Å². The van der Waals surface area contributed by atoms with Gasteiger partial charge in [0.2, 0.25) is 11.8 Å². The second kappa shape index (κ2) is 6.05. The molecule has 5 nitrogen and oxygen atoms in total. The maximum atomic E-state index is 12.4. The fraction of sp³-hybridized carbons (Fsp3) is 0.467. The minimum atomic E-state index is -0.640. The first-order valence-corrected chi connectivity index (χ1v) is 6.91. The lowest BCUT2D eigenvalue weighted by Gasteiger charge is -2.28. The van der Waals surface area contributed by atoms with Crippen LogP contribution in [0.3, 0.4) is 0 Å². The highest BCUT2D eigenvalue weighted by molar-refractivity contribution is 5.90. The van der Waals surface area contributed by atoms with Crippen molar-refractivity contribution in [1.29, 1.82) is 0 Å². The molecule has 0 saturated heterocycles. The summed E-state index contributed by atoms with van der Waals surface area (Å²) in [5.41, 5.74) is 7.48. The van der Waals surface area contributed by atoms with Crippen molar-refractivity contribution in [1.82, 2.24) is 10.6 Å². The maximum absolute atomic E-state index is 12.4. The summed E-state index contributed by atoms with van der Waals surface area (Å²) in [6.45, 7) is 4.47. The molecule has 1 aromatic carbocycles. The summed E-state index contributed by atoms with van der Waals surface area (Å²) in [6, 6.07) is 6.81. The summed E-state index contributed by atoms with van der Waals surface area (Å²) in [5.74, 6) is -0.734. The van der Waals surface area contributed by atoms with Gasteiger partial charge in [0.15, 0.2) is 0 Å². The Kier molecular flexibility index (Phi) is 4.39. The van der Waals surface area contributed by atoms with Gasteiger partial charge in [-0.25, -0.2) is 0 Å². The molecule has 1 aliphatic rings. The molecule has 108 valence electrons. The van der Waals surface area contributed by atoms with Gasteiger partial charge >= 0.3 is 0 Å². The number of hydrogen-bond donors (Lipinski definition) is 3. The normalized spacial score (nSPS) is 19.2. The molecule has 1 heterocycles. The van der Waals surface area contributed by atoms with Crippen LogP contribution in [0.25, 0.3) is 0 Å². The van der Waals surface area contributed by atoms with Crippen LogP contribution in [0.1, 0.15) is 31.0 Å². The monoisotopic (exact) mass is 275 g/mol. The second-order valence-corrected chi connectivity index (χ2v) is 5.47. The van der Waals surface area contributed by atoms with Crippen molar-refractivity contribution in [3.8, 4) is 0 Å². The molecule has 0 bridgehead atoms. The number of rotatable bonds is 4. The Morgan fingerprint density at radius 2 is 2.05 bits per heavy atom. The summed E-state index contributed by atoms with van der Waals surface area (Å²) in [7, 11) is 0. The van der Waals surface area contributed by atoms with Crippen LogP contribution in [0.4, 0.5) is 0 Å². The van der Waals surface area contributed by atoms with E-state index in [1.54, 1.807) is 0 Å². The third-order valence-corrected chi connectivity index (χ3v) is 3.64. The van der Waals surface area contributed by atoms with Gasteiger partial charge in [0, 0.05) is 6.54 Å². The Hall–Kier alpha value is -1.88. The van der Waals surface area contributed by atoms with Crippen LogP contribution in [0, 0.1) is 5.92 Å². The molecule has 2 amide bonds. The molecule has 1 aliphatic heterocycles. The number of amides is 2. The molecule has 2 unspecified atom stereocenters. The summed E-state index contributed by atoms with van der Waals surface area (Å²) >= 11 is 0. The molecule has 0 aliphatic carbocycles. The summed E-state index contributed by atoms with van der Waals surface area (Å²) in [4.78, 5) is 23.8. The molecule has 4 N–H and O–H groups in total. The Labute approximate surface area is 118 Å². The van der Waals surface area contributed by atoms with Gasteiger partial charge in [0.25, 0.3) is 0 Å². The van der Waals surface area contributed by atoms with Crippen LogP contribution >= 0.6 is 0 Å². The number of hydrogen-bond acceptors (Lipinski definition) is 3. The number of fused-ring (bicyclic) bond motifs is 1. The van der Waals surface area contributed by atoms with Gasteiger partial charge in [-0.15, -0.1) is 0 Å². The Morgan fingerprint density at radius 1 is 1.35 bits per heavy atom. The molecular weight excluding hydrogens is 254 g/mol. The lowest BCUT2D eigenvalue weighted by molar-refractivity contribution is -0.129. The van der Waals surface area contributed by atoms with Crippen LogP contribution < -0.4 is 16.4 Å². The predicted molar refractivity (Wildman–Crippen MR) is 76.9 cm³/mol. The number of primary amides is 1. The number of carbonyl (C=O) groups excluding carboxylic acids is 2. The smallest absolute Gasteiger partial charge is 0.242 e. The van der Waals surface area contributed by atoms with Crippen LogP contribution in [0.5, 0.6) is 0 Å². The second-order valence-electron chi connectivity index (χ2n) is 5.47. The minimum Gasteiger partial charge on any atom is -0.368 e. The largest absolute Gasteiger partial charge is 0.368 e. The summed E-state index contributed by atoms with van der Waals surface area (Å²) < 4.78 is 0. The highest BCUT2D eigenvalue weighted by Crippen LogP contribution is 2.23. The van der Waals surface area contributed by atoms with Crippen molar-refractivity contribution in [2.24, 2.45) is 11.7 Å². The van der Waals surface area contributed by atoms with Gasteiger partial charge in [-0.2, -0.15) is 0 Å². The van der Waals surface area contributed by atoms with Crippen LogP contribution in [0.2, 0.25) is 0 Å². The molecule has 0 fully saturated rings. The lowest BCUT2D eigenvalue weighted by atomic mass is 9.93. The van der Waals surface area contributed by atoms with Crippen molar-refractivity contribution in [2.75, 3.05) is 6.54 Å². The number of benzene rings is 1. The lowest BCUT2D eigenvalue weighted by Crippen LogP contribution is -2.51. The molecule has 2 atom stereocenters. The molecule has 0 saturated carbocycles. The van der Waals surface area contributed by atoms with E-state index >= 15 is 0 Å². The first-order chi connectivity index (χ1) is 9.50.